The van der Waals surface area contributed by atoms with Crippen LogP contribution in [0.3, 0.4) is 0 Å². The number of alkyl halides is 1. The highest BCUT2D eigenvalue weighted by Gasteiger charge is 2.06. The molecule has 0 unspecified atom stereocenters. The minimum atomic E-state index is -0.606. The molecule has 0 bridgehead atoms. The van der Waals surface area contributed by atoms with Crippen LogP contribution in [0.5, 0.6) is 6.01 Å². The van der Waals surface area contributed by atoms with E-state index < -0.39 is 11.6 Å². The van der Waals surface area contributed by atoms with Crippen molar-refractivity contribution in [1.82, 2.24) is 9.97 Å². The Bertz CT molecular complexity index is 304. The van der Waals surface area contributed by atoms with Crippen molar-refractivity contribution in [2.45, 2.75) is 6.42 Å². The molecule has 0 fully saturated rings. The highest BCUT2D eigenvalue weighted by Crippen LogP contribution is 2.09. The summed E-state index contributed by atoms with van der Waals surface area (Å²) in [6.07, 6.45) is 2.33. The summed E-state index contributed by atoms with van der Waals surface area (Å²) in [5, 5.41) is 10.2. The lowest BCUT2D eigenvalue weighted by atomic mass is 10.5. The predicted octanol–water partition coefficient (Wildman–Crippen LogP) is 1.12. The Kier molecular flexibility index (Phi) is 3.71. The van der Waals surface area contributed by atoms with Crippen molar-refractivity contribution in [3.8, 4) is 6.01 Å². The largest absolute Gasteiger partial charge is 0.463 e. The van der Waals surface area contributed by atoms with Crippen molar-refractivity contribution in [3.63, 3.8) is 0 Å². The summed E-state index contributed by atoms with van der Waals surface area (Å²) < 4.78 is 16.6. The second-order valence-electron chi connectivity index (χ2n) is 2.37. The van der Waals surface area contributed by atoms with Gasteiger partial charge in [0, 0.05) is 6.42 Å². The average Bonchev–Trinajstić information content (AvgIpc) is 2.19. The first kappa shape index (κ1) is 10.3. The molecule has 0 atom stereocenters. The van der Waals surface area contributed by atoms with Crippen LogP contribution < -0.4 is 4.74 Å². The van der Waals surface area contributed by atoms with Crippen LogP contribution in [-0.4, -0.2) is 28.2 Å². The summed E-state index contributed by atoms with van der Waals surface area (Å²) in [4.78, 5) is 16.8. The van der Waals surface area contributed by atoms with Crippen molar-refractivity contribution in [3.05, 3.63) is 22.5 Å². The monoisotopic (exact) mass is 201 g/mol. The lowest BCUT2D eigenvalue weighted by Crippen LogP contribution is -2.02. The molecule has 7 heteroatoms. The average molecular weight is 201 g/mol. The third-order valence-corrected chi connectivity index (χ3v) is 1.33. The Labute approximate surface area is 78.9 Å². The van der Waals surface area contributed by atoms with E-state index in [4.69, 9.17) is 4.74 Å². The Balaban J connectivity index is 2.51. The van der Waals surface area contributed by atoms with E-state index in [1.165, 1.54) is 0 Å². The highest BCUT2D eigenvalue weighted by atomic mass is 19.1. The third-order valence-electron chi connectivity index (χ3n) is 1.33. The summed E-state index contributed by atoms with van der Waals surface area (Å²) >= 11 is 0. The quantitative estimate of drug-likeness (QED) is 0.405. The Morgan fingerprint density at radius 3 is 2.64 bits per heavy atom. The smallest absolute Gasteiger partial charge is 0.316 e. The van der Waals surface area contributed by atoms with Crippen LogP contribution in [0.15, 0.2) is 12.4 Å². The number of nitrogens with zero attached hydrogens (tertiary/aromatic N) is 3. The zero-order valence-corrected chi connectivity index (χ0v) is 7.22. The number of aromatic nitrogens is 2. The number of halogens is 1. The topological polar surface area (TPSA) is 78.2 Å². The van der Waals surface area contributed by atoms with E-state index >= 15 is 0 Å². The molecule has 0 saturated heterocycles. The molecular formula is C7H8FN3O3. The summed E-state index contributed by atoms with van der Waals surface area (Å²) in [7, 11) is 0. The molecule has 6 nitrogen and oxygen atoms in total. The van der Waals surface area contributed by atoms with Crippen molar-refractivity contribution >= 4 is 5.69 Å². The number of nitro groups is 1. The Hall–Kier alpha value is -1.79. The van der Waals surface area contributed by atoms with Gasteiger partial charge < -0.3 is 4.74 Å². The van der Waals surface area contributed by atoms with E-state index in [1.54, 1.807) is 0 Å². The summed E-state index contributed by atoms with van der Waals surface area (Å²) in [6, 6.07) is 0.0176. The molecule has 1 heterocycles. The van der Waals surface area contributed by atoms with Gasteiger partial charge in [0.1, 0.15) is 12.4 Å². The second kappa shape index (κ2) is 5.05. The van der Waals surface area contributed by atoms with Gasteiger partial charge in [-0.15, -0.1) is 0 Å². The maximum atomic E-state index is 11.7. The maximum Gasteiger partial charge on any atom is 0.316 e. The molecule has 0 saturated carbocycles. The predicted molar refractivity (Wildman–Crippen MR) is 44.8 cm³/mol. The van der Waals surface area contributed by atoms with Gasteiger partial charge in [-0.3, -0.25) is 14.5 Å². The molecule has 0 amide bonds. The summed E-state index contributed by atoms with van der Waals surface area (Å²) in [6.45, 7) is -0.318. The molecule has 14 heavy (non-hydrogen) atoms. The third kappa shape index (κ3) is 2.92. The van der Waals surface area contributed by atoms with E-state index in [-0.39, 0.29) is 24.7 Å². The summed E-state index contributed by atoms with van der Waals surface area (Å²) in [5.41, 5.74) is -0.206. The van der Waals surface area contributed by atoms with E-state index in [0.717, 1.165) is 12.4 Å². The van der Waals surface area contributed by atoms with Crippen molar-refractivity contribution in [2.75, 3.05) is 13.3 Å². The Morgan fingerprint density at radius 2 is 2.14 bits per heavy atom. The van der Waals surface area contributed by atoms with Crippen molar-refractivity contribution in [1.29, 1.82) is 0 Å². The normalized spacial score (nSPS) is 9.79. The van der Waals surface area contributed by atoms with Crippen molar-refractivity contribution in [2.24, 2.45) is 0 Å². The summed E-state index contributed by atoms with van der Waals surface area (Å²) in [5.74, 6) is 0. The van der Waals surface area contributed by atoms with Crippen LogP contribution in [0.25, 0.3) is 0 Å². The molecule has 1 aromatic rings. The fourth-order valence-electron chi connectivity index (χ4n) is 0.696. The van der Waals surface area contributed by atoms with Crippen LogP contribution in [0.2, 0.25) is 0 Å². The second-order valence-corrected chi connectivity index (χ2v) is 2.37. The van der Waals surface area contributed by atoms with Gasteiger partial charge in [-0.2, -0.15) is 9.97 Å². The van der Waals surface area contributed by atoms with E-state index in [0.29, 0.717) is 0 Å². The number of hydrogen-bond donors (Lipinski definition) is 0. The van der Waals surface area contributed by atoms with Gasteiger partial charge in [0.15, 0.2) is 0 Å². The van der Waals surface area contributed by atoms with Gasteiger partial charge in [-0.1, -0.05) is 0 Å². The molecule has 0 aliphatic carbocycles. The first-order valence-electron chi connectivity index (χ1n) is 3.89. The van der Waals surface area contributed by atoms with Gasteiger partial charge in [-0.25, -0.2) is 0 Å². The van der Waals surface area contributed by atoms with Crippen LogP contribution in [0.1, 0.15) is 6.42 Å². The van der Waals surface area contributed by atoms with Gasteiger partial charge in [0.05, 0.1) is 18.2 Å². The molecular weight excluding hydrogens is 193 g/mol. The molecule has 0 radical (unpaired) electrons. The van der Waals surface area contributed by atoms with Crippen molar-refractivity contribution < 1.29 is 14.1 Å². The fourth-order valence-corrected chi connectivity index (χ4v) is 0.696. The number of hydrogen-bond acceptors (Lipinski definition) is 5. The van der Waals surface area contributed by atoms with E-state index in [1.807, 2.05) is 0 Å². The molecule has 0 aliphatic rings. The minimum absolute atomic E-state index is 0.0176. The van der Waals surface area contributed by atoms with Gasteiger partial charge in [-0.05, 0) is 0 Å². The van der Waals surface area contributed by atoms with Gasteiger partial charge in [0.2, 0.25) is 0 Å². The first-order valence-corrected chi connectivity index (χ1v) is 3.89. The zero-order chi connectivity index (χ0) is 10.4. The SMILES string of the molecule is O=[N+]([O-])c1cnc(OCCCF)nc1. The van der Waals surface area contributed by atoms with Crippen LogP contribution >= 0.6 is 0 Å². The van der Waals surface area contributed by atoms with E-state index in [2.05, 4.69) is 9.97 Å². The van der Waals surface area contributed by atoms with Crippen LogP contribution in [0, 0.1) is 10.1 Å². The highest BCUT2D eigenvalue weighted by molar-refractivity contribution is 5.21. The first-order chi connectivity index (χ1) is 6.74. The van der Waals surface area contributed by atoms with Gasteiger partial charge in [0.25, 0.3) is 0 Å². The fraction of sp³-hybridized carbons (Fsp3) is 0.429. The maximum absolute atomic E-state index is 11.7. The minimum Gasteiger partial charge on any atom is -0.463 e. The molecule has 0 aromatic carbocycles. The zero-order valence-electron chi connectivity index (χ0n) is 7.22. The molecule has 0 spiro atoms. The molecule has 1 rings (SSSR count). The standard InChI is InChI=1S/C7H8FN3O3/c8-2-1-3-14-7-9-4-6(5-10-7)11(12)13/h4-5H,1-3H2. The molecule has 76 valence electrons. The molecule has 0 aliphatic heterocycles. The number of rotatable bonds is 5. The number of ether oxygens (including phenoxy) is 1. The van der Waals surface area contributed by atoms with E-state index in [9.17, 15) is 14.5 Å². The lowest BCUT2D eigenvalue weighted by molar-refractivity contribution is -0.385. The Morgan fingerprint density at radius 1 is 1.50 bits per heavy atom. The lowest BCUT2D eigenvalue weighted by Gasteiger charge is -2.00. The molecule has 1 aromatic heterocycles. The van der Waals surface area contributed by atoms with Crippen LogP contribution in [-0.2, 0) is 0 Å². The molecule has 0 N–H and O–H groups in total. The van der Waals surface area contributed by atoms with Crippen LogP contribution in [0.4, 0.5) is 10.1 Å². The van der Waals surface area contributed by atoms with Gasteiger partial charge >= 0.3 is 11.7 Å².